The number of carboxylic acids is 2. The summed E-state index contributed by atoms with van der Waals surface area (Å²) in [5, 5.41) is 25.5. The van der Waals surface area contributed by atoms with Crippen LogP contribution in [0.2, 0.25) is 0 Å². The number of carbonyl (C=O) groups excluding carboxylic acids is 1. The lowest BCUT2D eigenvalue weighted by Crippen LogP contribution is -2.47. The number of piperidine rings is 1. The van der Waals surface area contributed by atoms with E-state index in [9.17, 15) is 19.5 Å². The minimum atomic E-state index is -1.21. The zero-order valence-corrected chi connectivity index (χ0v) is 24.3. The summed E-state index contributed by atoms with van der Waals surface area (Å²) in [5.74, 6) is -2.37. The number of carboxylic acid groups (broad SMARTS) is 2. The summed E-state index contributed by atoms with van der Waals surface area (Å²) in [6, 6.07) is 16.4. The average molecular weight is 635 g/mol. The first kappa shape index (κ1) is 28.9. The second-order valence-corrected chi connectivity index (χ2v) is 11.4. The maximum atomic E-state index is 13.9. The van der Waals surface area contributed by atoms with Gasteiger partial charge < -0.3 is 25.6 Å². The summed E-state index contributed by atoms with van der Waals surface area (Å²) in [6.45, 7) is 1.00. The van der Waals surface area contributed by atoms with E-state index in [-0.39, 0.29) is 22.5 Å². The van der Waals surface area contributed by atoms with Crippen molar-refractivity contribution in [2.75, 3.05) is 35.6 Å². The molecule has 1 aromatic heterocycles. The molecule has 3 aromatic rings. The standard InChI is InChI=1S/C27H28BrN3O6S2/c1-38-31(19-8-3-2-4-9-19)26(34)22(16-10-12-29-13-11-16)30-18-7-5-6-17(14-18)24-21(28)23(37-15-20(32)33)25(39-24)27(35)36/h2-9,14,16,22,29-30H,10-13,15H2,1H3,(H,32,33)(H,35,36). The fourth-order valence-corrected chi connectivity index (χ4v) is 7.00. The molecule has 2 aromatic carbocycles. The number of carbonyl (C=O) groups is 3. The minimum Gasteiger partial charge on any atom is -0.479 e. The highest BCUT2D eigenvalue weighted by molar-refractivity contribution is 9.10. The topological polar surface area (TPSA) is 128 Å². The van der Waals surface area contributed by atoms with Crippen molar-refractivity contribution in [1.82, 2.24) is 5.32 Å². The van der Waals surface area contributed by atoms with Crippen LogP contribution in [-0.2, 0) is 9.59 Å². The number of nitrogens with zero attached hydrogens (tertiary/aromatic N) is 1. The minimum absolute atomic E-state index is 0.0236. The molecule has 0 bridgehead atoms. The van der Waals surface area contributed by atoms with Gasteiger partial charge in [-0.15, -0.1) is 11.3 Å². The van der Waals surface area contributed by atoms with Crippen molar-refractivity contribution in [2.24, 2.45) is 5.92 Å². The fraction of sp³-hybridized carbons (Fsp3) is 0.296. The van der Waals surface area contributed by atoms with Crippen molar-refractivity contribution in [3.63, 3.8) is 0 Å². The Bertz CT molecular complexity index is 1330. The number of ether oxygens (including phenoxy) is 1. The van der Waals surface area contributed by atoms with Gasteiger partial charge >= 0.3 is 11.9 Å². The van der Waals surface area contributed by atoms with Crippen molar-refractivity contribution in [3.05, 3.63) is 63.9 Å². The Balaban J connectivity index is 1.66. The molecule has 12 heteroatoms. The number of hydrogen-bond acceptors (Lipinski definition) is 8. The lowest BCUT2D eigenvalue weighted by atomic mass is 9.89. The van der Waals surface area contributed by atoms with Gasteiger partial charge in [-0.2, -0.15) is 0 Å². The summed E-state index contributed by atoms with van der Waals surface area (Å²) in [4.78, 5) is 37.2. The molecule has 1 amide bonds. The van der Waals surface area contributed by atoms with Crippen molar-refractivity contribution in [3.8, 4) is 16.2 Å². The van der Waals surface area contributed by atoms with Gasteiger partial charge in [0.15, 0.2) is 17.2 Å². The maximum absolute atomic E-state index is 13.9. The molecule has 0 saturated carbocycles. The predicted octanol–water partition coefficient (Wildman–Crippen LogP) is 5.43. The van der Waals surface area contributed by atoms with Gasteiger partial charge in [0.2, 0.25) is 0 Å². The number of aliphatic carboxylic acids is 1. The van der Waals surface area contributed by atoms with Crippen LogP contribution in [0.25, 0.3) is 10.4 Å². The number of benzene rings is 2. The number of thiophene rings is 1. The van der Waals surface area contributed by atoms with E-state index in [4.69, 9.17) is 9.84 Å². The smallest absolute Gasteiger partial charge is 0.349 e. The molecule has 0 spiro atoms. The molecular weight excluding hydrogens is 606 g/mol. The van der Waals surface area contributed by atoms with Gasteiger partial charge in [-0.1, -0.05) is 30.3 Å². The number of para-hydroxylation sites is 1. The molecule has 1 unspecified atom stereocenters. The number of nitrogens with one attached hydrogen (secondary N) is 2. The second kappa shape index (κ2) is 13.3. The maximum Gasteiger partial charge on any atom is 0.349 e. The van der Waals surface area contributed by atoms with Crippen LogP contribution in [0, 0.1) is 5.92 Å². The lowest BCUT2D eigenvalue weighted by molar-refractivity contribution is -0.139. The predicted molar refractivity (Wildman–Crippen MR) is 158 cm³/mol. The normalized spacial score (nSPS) is 14.4. The summed E-state index contributed by atoms with van der Waals surface area (Å²) in [7, 11) is 0. The van der Waals surface area contributed by atoms with E-state index in [1.54, 1.807) is 4.31 Å². The summed E-state index contributed by atoms with van der Waals surface area (Å²) >= 11 is 5.76. The van der Waals surface area contributed by atoms with Crippen LogP contribution in [0.1, 0.15) is 22.5 Å². The van der Waals surface area contributed by atoms with Gasteiger partial charge in [0.1, 0.15) is 6.04 Å². The van der Waals surface area contributed by atoms with Gasteiger partial charge in [-0.05, 0) is 89.6 Å². The van der Waals surface area contributed by atoms with Crippen molar-refractivity contribution >= 4 is 68.4 Å². The zero-order valence-electron chi connectivity index (χ0n) is 21.1. The highest BCUT2D eigenvalue weighted by Crippen LogP contribution is 2.46. The Morgan fingerprint density at radius 2 is 1.87 bits per heavy atom. The molecule has 1 saturated heterocycles. The van der Waals surface area contributed by atoms with Crippen LogP contribution >= 0.6 is 39.2 Å². The molecule has 9 nitrogen and oxygen atoms in total. The first-order valence-corrected chi connectivity index (χ1v) is 15.0. The molecule has 1 aliphatic rings. The molecule has 0 radical (unpaired) electrons. The van der Waals surface area contributed by atoms with E-state index in [0.717, 1.165) is 43.0 Å². The quantitative estimate of drug-likeness (QED) is 0.204. The molecule has 1 fully saturated rings. The van der Waals surface area contributed by atoms with Gasteiger partial charge in [-0.25, -0.2) is 9.59 Å². The van der Waals surface area contributed by atoms with E-state index in [2.05, 4.69) is 26.6 Å². The summed E-state index contributed by atoms with van der Waals surface area (Å²) < 4.78 is 7.37. The number of halogens is 1. The van der Waals surface area contributed by atoms with Crippen LogP contribution in [-0.4, -0.2) is 60.1 Å². The molecule has 39 heavy (non-hydrogen) atoms. The number of aromatic carboxylic acids is 1. The molecule has 206 valence electrons. The molecule has 4 rings (SSSR count). The van der Waals surface area contributed by atoms with Gasteiger partial charge in [0, 0.05) is 11.9 Å². The Morgan fingerprint density at radius 3 is 2.51 bits per heavy atom. The fourth-order valence-electron chi connectivity index (χ4n) is 4.49. The first-order valence-electron chi connectivity index (χ1n) is 12.2. The van der Waals surface area contributed by atoms with Crippen LogP contribution in [0.15, 0.2) is 59.1 Å². The largest absolute Gasteiger partial charge is 0.479 e. The van der Waals surface area contributed by atoms with E-state index in [0.29, 0.717) is 20.6 Å². The SMILES string of the molecule is CSN(C(=O)C(Nc1cccc(-c2sc(C(=O)O)c(OCC(=O)O)c2Br)c1)C1CCNCC1)c1ccccc1. The molecule has 2 heterocycles. The Hall–Kier alpha value is -3.06. The molecule has 4 N–H and O–H groups in total. The van der Waals surface area contributed by atoms with Crippen LogP contribution < -0.4 is 19.7 Å². The van der Waals surface area contributed by atoms with E-state index in [1.807, 2.05) is 60.9 Å². The van der Waals surface area contributed by atoms with Gasteiger partial charge in [0.25, 0.3) is 5.91 Å². The van der Waals surface area contributed by atoms with E-state index < -0.39 is 24.6 Å². The van der Waals surface area contributed by atoms with Crippen molar-refractivity contribution < 1.29 is 29.3 Å². The van der Waals surface area contributed by atoms with Crippen molar-refractivity contribution in [2.45, 2.75) is 18.9 Å². The van der Waals surface area contributed by atoms with Gasteiger partial charge in [-0.3, -0.25) is 9.10 Å². The van der Waals surface area contributed by atoms with Crippen LogP contribution in [0.3, 0.4) is 0 Å². The molecule has 0 aliphatic carbocycles. The lowest BCUT2D eigenvalue weighted by Gasteiger charge is -2.34. The Kier molecular flexibility index (Phi) is 9.89. The van der Waals surface area contributed by atoms with Gasteiger partial charge in [0.05, 0.1) is 15.0 Å². The first-order chi connectivity index (χ1) is 18.8. The molecule has 1 aliphatic heterocycles. The van der Waals surface area contributed by atoms with Crippen LogP contribution in [0.4, 0.5) is 11.4 Å². The summed E-state index contributed by atoms with van der Waals surface area (Å²) in [5.41, 5.74) is 2.22. The van der Waals surface area contributed by atoms with Crippen LogP contribution in [0.5, 0.6) is 5.75 Å². The number of amides is 1. The summed E-state index contributed by atoms with van der Waals surface area (Å²) in [6.07, 6.45) is 3.58. The average Bonchev–Trinajstić information content (AvgIpc) is 3.28. The van der Waals surface area contributed by atoms with E-state index in [1.165, 1.54) is 11.9 Å². The number of anilines is 2. The highest BCUT2D eigenvalue weighted by Gasteiger charge is 2.33. The Morgan fingerprint density at radius 1 is 1.15 bits per heavy atom. The Labute approximate surface area is 242 Å². The third-order valence-corrected chi connectivity index (χ3v) is 9.27. The molecular formula is C27H28BrN3O6S2. The van der Waals surface area contributed by atoms with Crippen molar-refractivity contribution in [1.29, 1.82) is 0 Å². The highest BCUT2D eigenvalue weighted by atomic mass is 79.9. The third-order valence-electron chi connectivity index (χ3n) is 6.28. The zero-order chi connectivity index (χ0) is 27.9. The number of rotatable bonds is 11. The monoisotopic (exact) mass is 633 g/mol. The van der Waals surface area contributed by atoms with E-state index >= 15 is 0 Å². The third kappa shape index (κ3) is 6.93. The number of hydrogen-bond donors (Lipinski definition) is 4. The second-order valence-electron chi connectivity index (χ2n) is 8.83. The molecule has 1 atom stereocenters.